The van der Waals surface area contributed by atoms with Gasteiger partial charge >= 0.3 is 0 Å². The fourth-order valence-corrected chi connectivity index (χ4v) is 3.88. The van der Waals surface area contributed by atoms with Gasteiger partial charge in [-0.15, -0.1) is 0 Å². The van der Waals surface area contributed by atoms with E-state index in [1.54, 1.807) is 12.3 Å². The van der Waals surface area contributed by atoms with Crippen LogP contribution in [0.25, 0.3) is 0 Å². The lowest BCUT2D eigenvalue weighted by atomic mass is 10.2. The van der Waals surface area contributed by atoms with Crippen LogP contribution in [0.15, 0.2) is 27.8 Å². The Morgan fingerprint density at radius 3 is 2.81 bits per heavy atom. The van der Waals surface area contributed by atoms with Crippen molar-refractivity contribution in [1.29, 1.82) is 0 Å². The van der Waals surface area contributed by atoms with E-state index in [9.17, 15) is 8.42 Å². The highest BCUT2D eigenvalue weighted by Gasteiger charge is 2.30. The molecule has 0 aliphatic carbocycles. The third kappa shape index (κ3) is 2.28. The van der Waals surface area contributed by atoms with E-state index in [-0.39, 0.29) is 4.90 Å². The molecule has 0 unspecified atom stereocenters. The summed E-state index contributed by atoms with van der Waals surface area (Å²) >= 11 is 3.23. The van der Waals surface area contributed by atoms with E-state index in [0.29, 0.717) is 23.5 Å². The van der Waals surface area contributed by atoms with E-state index >= 15 is 0 Å². The van der Waals surface area contributed by atoms with Crippen LogP contribution in [-0.4, -0.2) is 30.8 Å². The molecule has 1 aliphatic heterocycles. The van der Waals surface area contributed by atoms with Crippen LogP contribution in [-0.2, 0) is 10.0 Å². The van der Waals surface area contributed by atoms with Gasteiger partial charge in [-0.2, -0.15) is 4.31 Å². The predicted molar refractivity (Wildman–Crippen MR) is 64.5 cm³/mol. The molecule has 16 heavy (non-hydrogen) atoms. The van der Waals surface area contributed by atoms with Gasteiger partial charge in [0.2, 0.25) is 10.0 Å². The molecule has 1 saturated heterocycles. The molecule has 2 heterocycles. The maximum atomic E-state index is 12.2. The normalized spacial score (nSPS) is 22.5. The third-order valence-corrected chi connectivity index (χ3v) is 4.97. The second kappa shape index (κ2) is 4.43. The molecule has 1 aromatic rings. The number of hydrogen-bond acceptors (Lipinski definition) is 3. The Labute approximate surface area is 104 Å². The van der Waals surface area contributed by atoms with E-state index in [2.05, 4.69) is 27.8 Å². The summed E-state index contributed by atoms with van der Waals surface area (Å²) in [5.41, 5.74) is 0. The lowest BCUT2D eigenvalue weighted by molar-refractivity contribution is 0.464. The first kappa shape index (κ1) is 12.0. The van der Waals surface area contributed by atoms with Crippen LogP contribution >= 0.6 is 15.9 Å². The number of rotatable bonds is 2. The molecule has 0 aromatic carbocycles. The Kier molecular flexibility index (Phi) is 3.32. The maximum Gasteiger partial charge on any atom is 0.244 e. The summed E-state index contributed by atoms with van der Waals surface area (Å²) < 4.78 is 26.6. The minimum Gasteiger partial charge on any atom is -0.262 e. The topological polar surface area (TPSA) is 50.3 Å². The number of aromatic nitrogens is 1. The lowest BCUT2D eigenvalue weighted by Crippen LogP contribution is -2.28. The molecule has 0 N–H and O–H groups in total. The second-order valence-electron chi connectivity index (χ2n) is 4.10. The molecule has 0 amide bonds. The van der Waals surface area contributed by atoms with Gasteiger partial charge < -0.3 is 0 Å². The molecule has 0 saturated carbocycles. The monoisotopic (exact) mass is 304 g/mol. The van der Waals surface area contributed by atoms with Gasteiger partial charge in [-0.25, -0.2) is 8.42 Å². The SMILES string of the molecule is C[C@@H]1CCN(S(=O)(=O)c2cncc(Br)c2)C1. The largest absolute Gasteiger partial charge is 0.262 e. The Hall–Kier alpha value is -0.460. The molecule has 88 valence electrons. The molecule has 6 heteroatoms. The first-order valence-corrected chi connectivity index (χ1v) is 7.34. The van der Waals surface area contributed by atoms with Crippen molar-refractivity contribution < 1.29 is 8.42 Å². The van der Waals surface area contributed by atoms with E-state index in [0.717, 1.165) is 6.42 Å². The lowest BCUT2D eigenvalue weighted by Gasteiger charge is -2.15. The first-order chi connectivity index (χ1) is 7.50. The molecule has 0 spiro atoms. The Morgan fingerprint density at radius 2 is 2.25 bits per heavy atom. The van der Waals surface area contributed by atoms with Gasteiger partial charge in [0.1, 0.15) is 4.90 Å². The summed E-state index contributed by atoms with van der Waals surface area (Å²) in [4.78, 5) is 4.15. The quantitative estimate of drug-likeness (QED) is 0.838. The predicted octanol–water partition coefficient (Wildman–Crippen LogP) is 1.87. The van der Waals surface area contributed by atoms with Crippen molar-refractivity contribution in [3.8, 4) is 0 Å². The van der Waals surface area contributed by atoms with Gasteiger partial charge in [-0.05, 0) is 34.3 Å². The van der Waals surface area contributed by atoms with Crippen molar-refractivity contribution in [3.05, 3.63) is 22.9 Å². The van der Waals surface area contributed by atoms with E-state index in [4.69, 9.17) is 0 Å². The van der Waals surface area contributed by atoms with Crippen LogP contribution in [0.5, 0.6) is 0 Å². The van der Waals surface area contributed by atoms with Gasteiger partial charge in [0.15, 0.2) is 0 Å². The van der Waals surface area contributed by atoms with Crippen molar-refractivity contribution in [2.45, 2.75) is 18.2 Å². The number of hydrogen-bond donors (Lipinski definition) is 0. The van der Waals surface area contributed by atoms with Crippen LogP contribution in [0.3, 0.4) is 0 Å². The minimum atomic E-state index is -3.35. The van der Waals surface area contributed by atoms with Crippen LogP contribution in [0.1, 0.15) is 13.3 Å². The number of halogens is 1. The average molecular weight is 305 g/mol. The van der Waals surface area contributed by atoms with Crippen LogP contribution < -0.4 is 0 Å². The molecule has 4 nitrogen and oxygen atoms in total. The maximum absolute atomic E-state index is 12.2. The third-order valence-electron chi connectivity index (χ3n) is 2.70. The molecule has 1 aliphatic rings. The van der Waals surface area contributed by atoms with Crippen molar-refractivity contribution in [1.82, 2.24) is 9.29 Å². The molecule has 1 fully saturated rings. The van der Waals surface area contributed by atoms with Gasteiger partial charge in [-0.1, -0.05) is 6.92 Å². The molecule has 0 radical (unpaired) electrons. The number of pyridine rings is 1. The van der Waals surface area contributed by atoms with Gasteiger partial charge in [-0.3, -0.25) is 4.98 Å². The van der Waals surface area contributed by atoms with E-state index < -0.39 is 10.0 Å². The molecular formula is C10H13BrN2O2S. The Balaban J connectivity index is 2.32. The zero-order valence-electron chi connectivity index (χ0n) is 8.93. The molecular weight excluding hydrogens is 292 g/mol. The highest BCUT2D eigenvalue weighted by Crippen LogP contribution is 2.24. The van der Waals surface area contributed by atoms with Gasteiger partial charge in [0.25, 0.3) is 0 Å². The zero-order chi connectivity index (χ0) is 11.8. The fourth-order valence-electron chi connectivity index (χ4n) is 1.80. The molecule has 1 atom stereocenters. The molecule has 1 aromatic heterocycles. The zero-order valence-corrected chi connectivity index (χ0v) is 11.3. The summed E-state index contributed by atoms with van der Waals surface area (Å²) in [6.07, 6.45) is 3.90. The number of nitrogens with zero attached hydrogens (tertiary/aromatic N) is 2. The first-order valence-electron chi connectivity index (χ1n) is 5.11. The van der Waals surface area contributed by atoms with Crippen LogP contribution in [0.4, 0.5) is 0 Å². The highest BCUT2D eigenvalue weighted by molar-refractivity contribution is 9.10. The Bertz CT molecular complexity index is 489. The highest BCUT2D eigenvalue weighted by atomic mass is 79.9. The van der Waals surface area contributed by atoms with E-state index in [1.807, 2.05) is 0 Å². The van der Waals surface area contributed by atoms with E-state index in [1.165, 1.54) is 10.5 Å². The van der Waals surface area contributed by atoms with Crippen molar-refractivity contribution >= 4 is 26.0 Å². The average Bonchev–Trinajstić information content (AvgIpc) is 2.65. The molecule has 2 rings (SSSR count). The van der Waals surface area contributed by atoms with Crippen LogP contribution in [0.2, 0.25) is 0 Å². The summed E-state index contributed by atoms with van der Waals surface area (Å²) in [5.74, 6) is 0.440. The Morgan fingerprint density at radius 1 is 1.50 bits per heavy atom. The summed E-state index contributed by atoms with van der Waals surface area (Å²) in [7, 11) is -3.35. The van der Waals surface area contributed by atoms with Crippen molar-refractivity contribution in [2.75, 3.05) is 13.1 Å². The second-order valence-corrected chi connectivity index (χ2v) is 6.95. The summed E-state index contributed by atoms with van der Waals surface area (Å²) in [6.45, 7) is 3.28. The van der Waals surface area contributed by atoms with Gasteiger partial charge in [0, 0.05) is 30.0 Å². The summed E-state index contributed by atoms with van der Waals surface area (Å²) in [6, 6.07) is 1.59. The van der Waals surface area contributed by atoms with Crippen LogP contribution in [0, 0.1) is 5.92 Å². The van der Waals surface area contributed by atoms with Crippen molar-refractivity contribution in [2.24, 2.45) is 5.92 Å². The summed E-state index contributed by atoms with van der Waals surface area (Å²) in [5, 5.41) is 0. The number of sulfonamides is 1. The fraction of sp³-hybridized carbons (Fsp3) is 0.500. The standard InChI is InChI=1S/C10H13BrN2O2S/c1-8-2-3-13(7-8)16(14,15)10-4-9(11)5-12-6-10/h4-6,8H,2-3,7H2,1H3/t8-/m1/s1. The van der Waals surface area contributed by atoms with Crippen molar-refractivity contribution in [3.63, 3.8) is 0 Å². The van der Waals surface area contributed by atoms with Gasteiger partial charge in [0.05, 0.1) is 0 Å². The molecule has 0 bridgehead atoms. The smallest absolute Gasteiger partial charge is 0.244 e. The minimum absolute atomic E-state index is 0.260.